The quantitative estimate of drug-likeness (QED) is 0.603. The van der Waals surface area contributed by atoms with E-state index in [1.54, 1.807) is 12.1 Å². The lowest BCUT2D eigenvalue weighted by molar-refractivity contribution is -0.0586. The number of hydrogen-bond donors (Lipinski definition) is 0. The highest BCUT2D eigenvalue weighted by Gasteiger charge is 2.29. The van der Waals surface area contributed by atoms with E-state index < -0.39 is 0 Å². The molecule has 2 aromatic carbocycles. The Balaban J connectivity index is 1.82. The summed E-state index contributed by atoms with van der Waals surface area (Å²) < 4.78 is 21.4. The van der Waals surface area contributed by atoms with Gasteiger partial charge in [0.05, 0.1) is 23.5 Å². The SMILES string of the molecule is Cc1ccc(-n2c(-c3ccc(F)cc3)cc(C(=O)N3CC(C)OC(C)C3)c2C)cc1. The summed E-state index contributed by atoms with van der Waals surface area (Å²) in [6, 6.07) is 16.5. The van der Waals surface area contributed by atoms with Crippen LogP contribution in [-0.2, 0) is 4.74 Å². The van der Waals surface area contributed by atoms with E-state index in [1.165, 1.54) is 17.7 Å². The number of aryl methyl sites for hydroxylation is 1. The normalized spacial score (nSPS) is 19.2. The highest BCUT2D eigenvalue weighted by atomic mass is 19.1. The molecule has 0 spiro atoms. The number of nitrogens with zero attached hydrogens (tertiary/aromatic N) is 2. The number of morpholine rings is 1. The molecule has 30 heavy (non-hydrogen) atoms. The van der Waals surface area contributed by atoms with Crippen LogP contribution >= 0.6 is 0 Å². The summed E-state index contributed by atoms with van der Waals surface area (Å²) in [4.78, 5) is 15.3. The molecule has 1 saturated heterocycles. The molecule has 2 atom stereocenters. The number of carbonyl (C=O) groups excluding carboxylic acids is 1. The van der Waals surface area contributed by atoms with Gasteiger partial charge in [0.2, 0.25) is 0 Å². The van der Waals surface area contributed by atoms with E-state index in [2.05, 4.69) is 16.7 Å². The fourth-order valence-electron chi connectivity index (χ4n) is 4.20. The lowest BCUT2D eigenvalue weighted by Gasteiger charge is -2.35. The first-order valence-electron chi connectivity index (χ1n) is 10.3. The minimum Gasteiger partial charge on any atom is -0.372 e. The highest BCUT2D eigenvalue weighted by Crippen LogP contribution is 2.31. The molecule has 0 saturated carbocycles. The summed E-state index contributed by atoms with van der Waals surface area (Å²) in [5.41, 5.74) is 5.41. The van der Waals surface area contributed by atoms with Crippen LogP contribution in [0.1, 0.15) is 35.5 Å². The van der Waals surface area contributed by atoms with Gasteiger partial charge < -0.3 is 14.2 Å². The molecule has 1 aliphatic rings. The molecule has 4 rings (SSSR count). The lowest BCUT2D eigenvalue weighted by atomic mass is 10.1. The summed E-state index contributed by atoms with van der Waals surface area (Å²) in [5.74, 6) is -0.278. The van der Waals surface area contributed by atoms with Gasteiger partial charge in [-0.3, -0.25) is 4.79 Å². The van der Waals surface area contributed by atoms with Crippen molar-refractivity contribution in [1.29, 1.82) is 0 Å². The summed E-state index contributed by atoms with van der Waals surface area (Å²) in [5, 5.41) is 0. The molecule has 1 aliphatic heterocycles. The Morgan fingerprint density at radius 3 is 2.17 bits per heavy atom. The van der Waals surface area contributed by atoms with Crippen molar-refractivity contribution < 1.29 is 13.9 Å². The van der Waals surface area contributed by atoms with E-state index in [0.29, 0.717) is 18.7 Å². The van der Waals surface area contributed by atoms with Gasteiger partial charge in [-0.1, -0.05) is 17.7 Å². The third kappa shape index (κ3) is 3.90. The average molecular weight is 407 g/mol. The van der Waals surface area contributed by atoms with Crippen molar-refractivity contribution in [2.24, 2.45) is 0 Å². The minimum absolute atomic E-state index is 0.00345. The number of benzene rings is 2. The van der Waals surface area contributed by atoms with E-state index in [0.717, 1.165) is 22.6 Å². The zero-order chi connectivity index (χ0) is 21.4. The Hall–Kier alpha value is -2.92. The van der Waals surface area contributed by atoms with Crippen molar-refractivity contribution in [3.05, 3.63) is 77.2 Å². The number of rotatable bonds is 3. The van der Waals surface area contributed by atoms with E-state index in [9.17, 15) is 9.18 Å². The first-order valence-corrected chi connectivity index (χ1v) is 10.3. The van der Waals surface area contributed by atoms with E-state index in [1.807, 2.05) is 50.8 Å². The molecular formula is C25H27FN2O2. The Bertz CT molecular complexity index is 1040. The number of hydrogen-bond acceptors (Lipinski definition) is 2. The summed E-state index contributed by atoms with van der Waals surface area (Å²) in [6.45, 7) is 9.14. The standard InChI is InChI=1S/C25H27FN2O2/c1-16-5-11-22(12-6-16)28-19(4)23(13-24(28)20-7-9-21(26)10-8-20)25(29)27-14-17(2)30-18(3)15-27/h5-13,17-18H,14-15H2,1-4H3. The Morgan fingerprint density at radius 1 is 0.967 bits per heavy atom. The number of aromatic nitrogens is 1. The first-order chi connectivity index (χ1) is 14.3. The summed E-state index contributed by atoms with van der Waals surface area (Å²) >= 11 is 0. The van der Waals surface area contributed by atoms with Gasteiger partial charge in [0.25, 0.3) is 5.91 Å². The van der Waals surface area contributed by atoms with Crippen molar-refractivity contribution in [3.63, 3.8) is 0 Å². The van der Waals surface area contributed by atoms with Gasteiger partial charge in [-0.15, -0.1) is 0 Å². The largest absolute Gasteiger partial charge is 0.372 e. The molecule has 1 fully saturated rings. The molecule has 156 valence electrons. The third-order valence-electron chi connectivity index (χ3n) is 5.62. The van der Waals surface area contributed by atoms with E-state index in [4.69, 9.17) is 4.74 Å². The fraction of sp³-hybridized carbons (Fsp3) is 0.320. The van der Waals surface area contributed by atoms with Gasteiger partial charge >= 0.3 is 0 Å². The van der Waals surface area contributed by atoms with Crippen LogP contribution in [-0.4, -0.2) is 40.7 Å². The van der Waals surface area contributed by atoms with Crippen LogP contribution < -0.4 is 0 Å². The predicted octanol–water partition coefficient (Wildman–Crippen LogP) is 5.15. The minimum atomic E-state index is -0.281. The topological polar surface area (TPSA) is 34.5 Å². The highest BCUT2D eigenvalue weighted by molar-refractivity contribution is 5.97. The smallest absolute Gasteiger partial charge is 0.255 e. The zero-order valence-corrected chi connectivity index (χ0v) is 17.9. The second-order valence-electron chi connectivity index (χ2n) is 8.17. The Kier molecular flexibility index (Phi) is 5.48. The number of ether oxygens (including phenoxy) is 1. The zero-order valence-electron chi connectivity index (χ0n) is 17.9. The second-order valence-corrected chi connectivity index (χ2v) is 8.17. The maximum absolute atomic E-state index is 13.5. The monoisotopic (exact) mass is 406 g/mol. The van der Waals surface area contributed by atoms with Crippen LogP contribution in [0.2, 0.25) is 0 Å². The Morgan fingerprint density at radius 2 is 1.57 bits per heavy atom. The molecule has 0 aliphatic carbocycles. The van der Waals surface area contributed by atoms with Crippen molar-refractivity contribution in [1.82, 2.24) is 9.47 Å². The van der Waals surface area contributed by atoms with Crippen LogP contribution in [0.4, 0.5) is 4.39 Å². The van der Waals surface area contributed by atoms with E-state index >= 15 is 0 Å². The van der Waals surface area contributed by atoms with Crippen molar-refractivity contribution >= 4 is 5.91 Å². The number of amides is 1. The van der Waals surface area contributed by atoms with Crippen LogP contribution in [0.15, 0.2) is 54.6 Å². The van der Waals surface area contributed by atoms with Crippen molar-refractivity contribution in [3.8, 4) is 16.9 Å². The number of halogens is 1. The van der Waals surface area contributed by atoms with E-state index in [-0.39, 0.29) is 23.9 Å². The van der Waals surface area contributed by atoms with Gasteiger partial charge in [0, 0.05) is 24.5 Å². The van der Waals surface area contributed by atoms with Gasteiger partial charge in [-0.2, -0.15) is 0 Å². The second kappa shape index (κ2) is 8.07. The average Bonchev–Trinajstić information content (AvgIpc) is 3.05. The summed E-state index contributed by atoms with van der Waals surface area (Å²) in [7, 11) is 0. The van der Waals surface area contributed by atoms with Crippen LogP contribution in [0, 0.1) is 19.7 Å². The summed E-state index contributed by atoms with van der Waals surface area (Å²) in [6.07, 6.45) is 0.0162. The molecule has 5 heteroatoms. The third-order valence-corrected chi connectivity index (χ3v) is 5.62. The predicted molar refractivity (Wildman–Crippen MR) is 117 cm³/mol. The molecule has 3 aromatic rings. The van der Waals surface area contributed by atoms with Crippen molar-refractivity contribution in [2.45, 2.75) is 39.9 Å². The van der Waals surface area contributed by atoms with Gasteiger partial charge in [-0.05, 0) is 75.7 Å². The molecule has 0 radical (unpaired) electrons. The van der Waals surface area contributed by atoms with Crippen LogP contribution in [0.25, 0.3) is 16.9 Å². The lowest BCUT2D eigenvalue weighted by Crippen LogP contribution is -2.48. The maximum atomic E-state index is 13.5. The van der Waals surface area contributed by atoms with Crippen LogP contribution in [0.3, 0.4) is 0 Å². The molecule has 2 unspecified atom stereocenters. The van der Waals surface area contributed by atoms with Gasteiger partial charge in [-0.25, -0.2) is 4.39 Å². The van der Waals surface area contributed by atoms with Gasteiger partial charge in [0.1, 0.15) is 5.82 Å². The maximum Gasteiger partial charge on any atom is 0.255 e. The molecule has 4 nitrogen and oxygen atoms in total. The molecule has 1 amide bonds. The van der Waals surface area contributed by atoms with Gasteiger partial charge in [0.15, 0.2) is 0 Å². The molecule has 0 bridgehead atoms. The number of carbonyl (C=O) groups is 1. The molecule has 2 heterocycles. The molecule has 1 aromatic heterocycles. The fourth-order valence-corrected chi connectivity index (χ4v) is 4.20. The van der Waals surface area contributed by atoms with Crippen LogP contribution in [0.5, 0.6) is 0 Å². The molecular weight excluding hydrogens is 379 g/mol. The first kappa shape index (κ1) is 20.4. The van der Waals surface area contributed by atoms with Crippen molar-refractivity contribution in [2.75, 3.05) is 13.1 Å². The Labute approximate surface area is 176 Å². The molecule has 0 N–H and O–H groups in total.